The highest BCUT2D eigenvalue weighted by Crippen LogP contribution is 2.27. The maximum absolute atomic E-state index is 12.7. The molecule has 0 spiro atoms. The SMILES string of the molecule is CCN(CC)CCCn1ccc2cc(-c3cc(Nc4ccc(NS(=O)(=O)c5ccc(C)cc5)cc4)ncn3)ccc21. The Morgan fingerprint density at radius 1 is 0.854 bits per heavy atom. The third-order valence-electron chi connectivity index (χ3n) is 7.24. The van der Waals surface area contributed by atoms with Crippen LogP contribution in [-0.2, 0) is 16.6 Å². The average Bonchev–Trinajstić information content (AvgIpc) is 3.39. The lowest BCUT2D eigenvalue weighted by atomic mass is 10.1. The van der Waals surface area contributed by atoms with Gasteiger partial charge in [-0.1, -0.05) is 37.6 Å². The van der Waals surface area contributed by atoms with Gasteiger partial charge in [0.05, 0.1) is 10.6 Å². The second-order valence-electron chi connectivity index (χ2n) is 10.1. The highest BCUT2D eigenvalue weighted by molar-refractivity contribution is 7.92. The van der Waals surface area contributed by atoms with E-state index in [9.17, 15) is 8.42 Å². The summed E-state index contributed by atoms with van der Waals surface area (Å²) in [6, 6.07) is 24.3. The van der Waals surface area contributed by atoms with Crippen molar-refractivity contribution in [3.8, 4) is 11.3 Å². The summed E-state index contributed by atoms with van der Waals surface area (Å²) >= 11 is 0. The average molecular weight is 569 g/mol. The third-order valence-corrected chi connectivity index (χ3v) is 8.64. The molecular formula is C32H36N6O2S. The highest BCUT2D eigenvalue weighted by Gasteiger charge is 2.14. The Kier molecular flexibility index (Phi) is 8.66. The number of benzene rings is 3. The molecule has 9 heteroatoms. The fourth-order valence-electron chi connectivity index (χ4n) is 4.84. The molecule has 0 atom stereocenters. The molecule has 0 bridgehead atoms. The first kappa shape index (κ1) is 28.3. The molecule has 3 aromatic carbocycles. The van der Waals surface area contributed by atoms with E-state index in [1.54, 1.807) is 42.7 Å². The van der Waals surface area contributed by atoms with Gasteiger partial charge in [-0.3, -0.25) is 4.72 Å². The van der Waals surface area contributed by atoms with Gasteiger partial charge in [0, 0.05) is 46.6 Å². The fourth-order valence-corrected chi connectivity index (χ4v) is 5.90. The van der Waals surface area contributed by atoms with Crippen molar-refractivity contribution in [3.05, 3.63) is 97.0 Å². The molecule has 0 radical (unpaired) electrons. The maximum atomic E-state index is 12.7. The molecule has 5 rings (SSSR count). The van der Waals surface area contributed by atoms with Gasteiger partial charge in [0.15, 0.2) is 0 Å². The molecule has 0 aliphatic carbocycles. The Balaban J connectivity index is 1.24. The van der Waals surface area contributed by atoms with Crippen molar-refractivity contribution in [2.24, 2.45) is 0 Å². The molecule has 8 nitrogen and oxygen atoms in total. The minimum Gasteiger partial charge on any atom is -0.347 e. The van der Waals surface area contributed by atoms with Gasteiger partial charge in [-0.2, -0.15) is 0 Å². The molecule has 2 heterocycles. The number of anilines is 3. The minimum absolute atomic E-state index is 0.226. The van der Waals surface area contributed by atoms with Crippen molar-refractivity contribution in [2.75, 3.05) is 29.7 Å². The van der Waals surface area contributed by atoms with Gasteiger partial charge >= 0.3 is 0 Å². The van der Waals surface area contributed by atoms with Crippen molar-refractivity contribution in [2.45, 2.75) is 38.6 Å². The summed E-state index contributed by atoms with van der Waals surface area (Å²) in [5.41, 5.74) is 5.33. The first-order valence-corrected chi connectivity index (χ1v) is 15.4. The third kappa shape index (κ3) is 6.93. The summed E-state index contributed by atoms with van der Waals surface area (Å²) in [6.07, 6.45) is 4.83. The Hall–Kier alpha value is -4.21. The standard InChI is InChI=1S/C32H36N6O2S/c1-4-37(5-2)18-6-19-38-20-17-26-21-25(9-16-31(26)38)30-22-32(34-23-33-30)35-27-10-12-28(13-11-27)36-41(39,40)29-14-7-24(3)8-15-29/h7-17,20-23,36H,4-6,18-19H2,1-3H3,(H,33,34,35). The van der Waals surface area contributed by atoms with Crippen LogP contribution < -0.4 is 10.0 Å². The van der Waals surface area contributed by atoms with Crippen LogP contribution in [0.1, 0.15) is 25.8 Å². The number of nitrogens with zero attached hydrogens (tertiary/aromatic N) is 4. The number of aromatic nitrogens is 3. The Labute approximate surface area is 242 Å². The number of fused-ring (bicyclic) bond motifs is 1. The number of rotatable bonds is 12. The van der Waals surface area contributed by atoms with E-state index in [1.807, 2.05) is 25.1 Å². The predicted molar refractivity (Wildman–Crippen MR) is 167 cm³/mol. The van der Waals surface area contributed by atoms with E-state index < -0.39 is 10.0 Å². The van der Waals surface area contributed by atoms with Gasteiger partial charge in [0.2, 0.25) is 0 Å². The van der Waals surface area contributed by atoms with Gasteiger partial charge in [0.1, 0.15) is 12.1 Å². The zero-order valence-electron chi connectivity index (χ0n) is 23.7. The van der Waals surface area contributed by atoms with E-state index >= 15 is 0 Å². The van der Waals surface area contributed by atoms with Crippen LogP contribution in [0.4, 0.5) is 17.2 Å². The molecule has 0 fully saturated rings. The lowest BCUT2D eigenvalue weighted by Crippen LogP contribution is -2.24. The highest BCUT2D eigenvalue weighted by atomic mass is 32.2. The number of aryl methyl sites for hydroxylation is 2. The zero-order chi connectivity index (χ0) is 28.8. The van der Waals surface area contributed by atoms with E-state index in [1.165, 1.54) is 10.9 Å². The molecule has 212 valence electrons. The van der Waals surface area contributed by atoms with Crippen molar-refractivity contribution in [1.82, 2.24) is 19.4 Å². The van der Waals surface area contributed by atoms with Crippen LogP contribution >= 0.6 is 0 Å². The summed E-state index contributed by atoms with van der Waals surface area (Å²) in [5.74, 6) is 0.650. The second kappa shape index (κ2) is 12.5. The quantitative estimate of drug-likeness (QED) is 0.174. The maximum Gasteiger partial charge on any atom is 0.261 e. The molecule has 0 aliphatic heterocycles. The zero-order valence-corrected chi connectivity index (χ0v) is 24.5. The summed E-state index contributed by atoms with van der Waals surface area (Å²) in [4.78, 5) is 11.6. The Morgan fingerprint density at radius 2 is 1.59 bits per heavy atom. The molecule has 0 aliphatic rings. The summed E-state index contributed by atoms with van der Waals surface area (Å²) in [7, 11) is -3.66. The van der Waals surface area contributed by atoms with E-state index in [2.05, 4.69) is 73.8 Å². The van der Waals surface area contributed by atoms with E-state index in [0.717, 1.165) is 55.1 Å². The smallest absolute Gasteiger partial charge is 0.261 e. The van der Waals surface area contributed by atoms with E-state index in [4.69, 9.17) is 0 Å². The molecule has 0 saturated carbocycles. The summed E-state index contributed by atoms with van der Waals surface area (Å²) in [5, 5.41) is 4.47. The Morgan fingerprint density at radius 3 is 2.32 bits per heavy atom. The number of sulfonamides is 1. The summed E-state index contributed by atoms with van der Waals surface area (Å²) < 4.78 is 30.3. The molecule has 0 saturated heterocycles. The molecular weight excluding hydrogens is 532 g/mol. The first-order chi connectivity index (χ1) is 19.8. The van der Waals surface area contributed by atoms with Gasteiger partial charge < -0.3 is 14.8 Å². The second-order valence-corrected chi connectivity index (χ2v) is 11.8. The number of hydrogen-bond donors (Lipinski definition) is 2. The number of hydrogen-bond acceptors (Lipinski definition) is 6. The predicted octanol–water partition coefficient (Wildman–Crippen LogP) is 6.68. The van der Waals surface area contributed by atoms with Crippen molar-refractivity contribution >= 4 is 38.1 Å². The lowest BCUT2D eigenvalue weighted by Gasteiger charge is -2.18. The molecule has 0 amide bonds. The van der Waals surface area contributed by atoms with Crippen LogP contribution in [0, 0.1) is 6.92 Å². The minimum atomic E-state index is -3.66. The molecule has 2 N–H and O–H groups in total. The van der Waals surface area contributed by atoms with Gasteiger partial charge in [-0.25, -0.2) is 18.4 Å². The van der Waals surface area contributed by atoms with E-state index in [0.29, 0.717) is 11.5 Å². The van der Waals surface area contributed by atoms with Gasteiger partial charge in [-0.05, 0) is 87.6 Å². The van der Waals surface area contributed by atoms with E-state index in [-0.39, 0.29) is 4.90 Å². The van der Waals surface area contributed by atoms with Crippen LogP contribution in [0.15, 0.2) is 96.3 Å². The van der Waals surface area contributed by atoms with Gasteiger partial charge in [0.25, 0.3) is 10.0 Å². The topological polar surface area (TPSA) is 92.2 Å². The first-order valence-electron chi connectivity index (χ1n) is 13.9. The fraction of sp³-hybridized carbons (Fsp3) is 0.250. The normalized spacial score (nSPS) is 11.7. The van der Waals surface area contributed by atoms with Crippen molar-refractivity contribution in [1.29, 1.82) is 0 Å². The monoisotopic (exact) mass is 568 g/mol. The lowest BCUT2D eigenvalue weighted by molar-refractivity contribution is 0.294. The van der Waals surface area contributed by atoms with Crippen LogP contribution in [0.25, 0.3) is 22.2 Å². The summed E-state index contributed by atoms with van der Waals surface area (Å²) in [6.45, 7) is 10.6. The molecule has 0 unspecified atom stereocenters. The Bertz CT molecular complexity index is 1710. The van der Waals surface area contributed by atoms with Crippen LogP contribution in [-0.4, -0.2) is 47.5 Å². The van der Waals surface area contributed by atoms with Crippen molar-refractivity contribution < 1.29 is 8.42 Å². The molecule has 5 aromatic rings. The largest absolute Gasteiger partial charge is 0.347 e. The van der Waals surface area contributed by atoms with Crippen LogP contribution in [0.3, 0.4) is 0 Å². The van der Waals surface area contributed by atoms with Crippen molar-refractivity contribution in [3.63, 3.8) is 0 Å². The van der Waals surface area contributed by atoms with Crippen LogP contribution in [0.5, 0.6) is 0 Å². The molecule has 41 heavy (non-hydrogen) atoms. The molecule has 2 aromatic heterocycles. The number of nitrogens with one attached hydrogen (secondary N) is 2. The van der Waals surface area contributed by atoms with Crippen LogP contribution in [0.2, 0.25) is 0 Å². The van der Waals surface area contributed by atoms with Gasteiger partial charge in [-0.15, -0.1) is 0 Å².